The zero-order chi connectivity index (χ0) is 21.3. The summed E-state index contributed by atoms with van der Waals surface area (Å²) in [6.45, 7) is 0.376. The molecule has 0 spiro atoms. The number of halogens is 2. The van der Waals surface area contributed by atoms with E-state index in [9.17, 15) is 8.78 Å². The first-order valence-corrected chi connectivity index (χ1v) is 9.29. The lowest BCUT2D eigenvalue weighted by Gasteiger charge is -2.16. The highest BCUT2D eigenvalue weighted by molar-refractivity contribution is 5.66. The van der Waals surface area contributed by atoms with Gasteiger partial charge in [0.15, 0.2) is 23.1 Å². The summed E-state index contributed by atoms with van der Waals surface area (Å²) in [5.74, 6) is -1.11. The van der Waals surface area contributed by atoms with Crippen molar-refractivity contribution in [3.63, 3.8) is 0 Å². The Hall–Kier alpha value is -3.24. The highest BCUT2D eigenvalue weighted by Crippen LogP contribution is 2.37. The minimum atomic E-state index is -0.763. The lowest BCUT2D eigenvalue weighted by atomic mass is 9.97. The maximum absolute atomic E-state index is 14.8. The fourth-order valence-corrected chi connectivity index (χ4v) is 3.46. The maximum atomic E-state index is 14.8. The second-order valence-corrected chi connectivity index (χ2v) is 6.79. The molecule has 4 rings (SSSR count). The molecule has 1 unspecified atom stereocenters. The number of benzene rings is 1. The van der Waals surface area contributed by atoms with Crippen molar-refractivity contribution in [2.75, 3.05) is 26.3 Å². The number of nitrogens with zero attached hydrogens (tertiary/aromatic N) is 3. The summed E-state index contributed by atoms with van der Waals surface area (Å²) in [4.78, 5) is 4.40. The Labute approximate surface area is 171 Å². The van der Waals surface area contributed by atoms with E-state index in [1.807, 2.05) is 6.07 Å². The van der Waals surface area contributed by atoms with Gasteiger partial charge in [-0.3, -0.25) is 4.68 Å². The normalized spacial score (nSPS) is 15.0. The average molecular weight is 417 g/mol. The molecule has 10 heteroatoms. The van der Waals surface area contributed by atoms with Crippen molar-refractivity contribution in [2.45, 2.75) is 19.0 Å². The van der Waals surface area contributed by atoms with Gasteiger partial charge in [-0.1, -0.05) is 0 Å². The number of fused-ring (bicyclic) bond motifs is 1. The predicted octanol–water partition coefficient (Wildman–Crippen LogP) is 2.45. The smallest absolute Gasteiger partial charge is 0.171 e. The number of rotatable bonds is 7. The molecule has 30 heavy (non-hydrogen) atoms. The van der Waals surface area contributed by atoms with E-state index >= 15 is 0 Å². The van der Waals surface area contributed by atoms with Gasteiger partial charge < -0.3 is 20.0 Å². The summed E-state index contributed by atoms with van der Waals surface area (Å²) < 4.78 is 41.2. The van der Waals surface area contributed by atoms with Gasteiger partial charge in [0, 0.05) is 40.7 Å². The molecule has 0 saturated heterocycles. The summed E-state index contributed by atoms with van der Waals surface area (Å²) in [6, 6.07) is 2.65. The number of methoxy groups -OCH3 is 2. The summed E-state index contributed by atoms with van der Waals surface area (Å²) in [6.07, 6.45) is 5.18. The van der Waals surface area contributed by atoms with Gasteiger partial charge in [-0.25, -0.2) is 19.2 Å². The zero-order valence-electron chi connectivity index (χ0n) is 16.4. The van der Waals surface area contributed by atoms with E-state index in [0.29, 0.717) is 12.4 Å². The van der Waals surface area contributed by atoms with E-state index in [-0.39, 0.29) is 30.1 Å². The Morgan fingerprint density at radius 3 is 2.50 bits per heavy atom. The molecule has 0 radical (unpaired) electrons. The fourth-order valence-electron chi connectivity index (χ4n) is 3.46. The van der Waals surface area contributed by atoms with Crippen molar-refractivity contribution in [2.24, 2.45) is 0 Å². The highest BCUT2D eigenvalue weighted by Gasteiger charge is 2.29. The standard InChI is InChI=1S/C20H21F2N5O3/c1-29-16-7-17(30-2)19(22)14(18(16)21)6-15-13-5-11(8-23-20(13)26-25-15)12-9-24-27(10-12)3-4-28/h5,7-10,15,25,28H,3-4,6H2,1-2H3,(H,23,26). The largest absolute Gasteiger partial charge is 0.494 e. The Balaban J connectivity index is 1.67. The van der Waals surface area contributed by atoms with Gasteiger partial charge in [-0.15, -0.1) is 0 Å². The lowest BCUT2D eigenvalue weighted by molar-refractivity contribution is 0.269. The number of hydrogen-bond acceptors (Lipinski definition) is 7. The van der Waals surface area contributed by atoms with Crippen LogP contribution in [0.25, 0.3) is 11.1 Å². The number of aliphatic hydroxyl groups is 1. The van der Waals surface area contributed by atoms with Crippen molar-refractivity contribution in [1.29, 1.82) is 0 Å². The fraction of sp³-hybridized carbons (Fsp3) is 0.300. The van der Waals surface area contributed by atoms with Crippen LogP contribution in [-0.2, 0) is 13.0 Å². The molecule has 1 atom stereocenters. The molecule has 3 aromatic rings. The van der Waals surface area contributed by atoms with E-state index in [1.165, 1.54) is 20.3 Å². The van der Waals surface area contributed by atoms with E-state index in [0.717, 1.165) is 16.7 Å². The second-order valence-electron chi connectivity index (χ2n) is 6.79. The van der Waals surface area contributed by atoms with Crippen molar-refractivity contribution >= 4 is 5.82 Å². The number of aromatic nitrogens is 3. The minimum absolute atomic E-state index is 0.0133. The third kappa shape index (κ3) is 3.55. The van der Waals surface area contributed by atoms with Crippen LogP contribution < -0.4 is 20.3 Å². The number of hydrazine groups is 1. The number of ether oxygens (including phenoxy) is 2. The third-order valence-corrected chi connectivity index (χ3v) is 5.03. The van der Waals surface area contributed by atoms with Crippen LogP contribution in [0.1, 0.15) is 17.2 Å². The summed E-state index contributed by atoms with van der Waals surface area (Å²) in [5.41, 5.74) is 8.23. The summed E-state index contributed by atoms with van der Waals surface area (Å²) in [7, 11) is 2.63. The first-order chi connectivity index (χ1) is 14.5. The number of anilines is 1. The first-order valence-electron chi connectivity index (χ1n) is 9.29. The Morgan fingerprint density at radius 2 is 1.83 bits per heavy atom. The molecule has 1 aromatic carbocycles. The van der Waals surface area contributed by atoms with Crippen molar-refractivity contribution in [3.8, 4) is 22.6 Å². The molecule has 0 fully saturated rings. The third-order valence-electron chi connectivity index (χ3n) is 5.03. The van der Waals surface area contributed by atoms with Gasteiger partial charge in [-0.05, 0) is 12.5 Å². The molecule has 8 nitrogen and oxygen atoms in total. The number of nitrogens with one attached hydrogen (secondary N) is 2. The van der Waals surface area contributed by atoms with Crippen molar-refractivity contribution in [3.05, 3.63) is 53.5 Å². The van der Waals surface area contributed by atoms with Gasteiger partial charge in [0.25, 0.3) is 0 Å². The molecule has 1 aliphatic rings. The van der Waals surface area contributed by atoms with Crippen LogP contribution in [-0.4, -0.2) is 40.7 Å². The van der Waals surface area contributed by atoms with E-state index in [4.69, 9.17) is 14.6 Å². The maximum Gasteiger partial charge on any atom is 0.171 e. The van der Waals surface area contributed by atoms with Crippen LogP contribution in [0.3, 0.4) is 0 Å². The van der Waals surface area contributed by atoms with Crippen LogP contribution in [0.4, 0.5) is 14.6 Å². The molecular weight excluding hydrogens is 396 g/mol. The molecule has 158 valence electrons. The number of hydrogen-bond donors (Lipinski definition) is 3. The van der Waals surface area contributed by atoms with Crippen LogP contribution in [0.15, 0.2) is 30.7 Å². The van der Waals surface area contributed by atoms with Crippen LogP contribution >= 0.6 is 0 Å². The summed E-state index contributed by atoms with van der Waals surface area (Å²) in [5, 5.41) is 13.2. The van der Waals surface area contributed by atoms with Gasteiger partial charge in [0.1, 0.15) is 5.82 Å². The van der Waals surface area contributed by atoms with Crippen LogP contribution in [0.2, 0.25) is 0 Å². The van der Waals surface area contributed by atoms with Crippen molar-refractivity contribution in [1.82, 2.24) is 20.2 Å². The topological polar surface area (TPSA) is 93.5 Å². The Bertz CT molecular complexity index is 1040. The zero-order valence-corrected chi connectivity index (χ0v) is 16.4. The number of pyridine rings is 1. The van der Waals surface area contributed by atoms with E-state index < -0.39 is 17.7 Å². The SMILES string of the molecule is COc1cc(OC)c(F)c(CC2NNc3ncc(-c4cnn(CCO)c4)cc32)c1F. The molecule has 0 bridgehead atoms. The molecular formula is C20H21F2N5O3. The molecule has 1 aliphatic heterocycles. The highest BCUT2D eigenvalue weighted by atomic mass is 19.1. The van der Waals surface area contributed by atoms with E-state index in [1.54, 1.807) is 23.3 Å². The Morgan fingerprint density at radius 1 is 1.10 bits per heavy atom. The van der Waals surface area contributed by atoms with Gasteiger partial charge in [0.05, 0.1) is 39.6 Å². The predicted molar refractivity (Wildman–Crippen MR) is 105 cm³/mol. The minimum Gasteiger partial charge on any atom is -0.494 e. The molecule has 0 saturated carbocycles. The van der Waals surface area contributed by atoms with Crippen LogP contribution in [0, 0.1) is 11.6 Å². The van der Waals surface area contributed by atoms with Crippen LogP contribution in [0.5, 0.6) is 11.5 Å². The lowest BCUT2D eigenvalue weighted by Crippen LogP contribution is -2.22. The quantitative estimate of drug-likeness (QED) is 0.544. The van der Waals surface area contributed by atoms with E-state index in [2.05, 4.69) is 20.9 Å². The molecule has 0 amide bonds. The Kier molecular flexibility index (Phi) is 5.51. The molecule has 3 N–H and O–H groups in total. The van der Waals surface area contributed by atoms with Crippen molar-refractivity contribution < 1.29 is 23.4 Å². The van der Waals surface area contributed by atoms with Gasteiger partial charge in [-0.2, -0.15) is 5.10 Å². The summed E-state index contributed by atoms with van der Waals surface area (Å²) >= 11 is 0. The first kappa shape index (κ1) is 20.0. The monoisotopic (exact) mass is 417 g/mol. The second kappa shape index (κ2) is 8.25. The molecule has 3 heterocycles. The van der Waals surface area contributed by atoms with Gasteiger partial charge >= 0.3 is 0 Å². The number of aliphatic hydroxyl groups excluding tert-OH is 1. The van der Waals surface area contributed by atoms with Gasteiger partial charge in [0.2, 0.25) is 0 Å². The molecule has 0 aliphatic carbocycles. The average Bonchev–Trinajstić information content (AvgIpc) is 3.38. The molecule has 2 aromatic heterocycles.